The van der Waals surface area contributed by atoms with Gasteiger partial charge in [-0.2, -0.15) is 0 Å². The van der Waals surface area contributed by atoms with E-state index in [9.17, 15) is 9.59 Å². The van der Waals surface area contributed by atoms with Crippen LogP contribution in [-0.4, -0.2) is 33.2 Å². The van der Waals surface area contributed by atoms with E-state index in [1.165, 1.54) is 24.3 Å². The van der Waals surface area contributed by atoms with E-state index >= 15 is 0 Å². The Morgan fingerprint density at radius 1 is 1.14 bits per heavy atom. The van der Waals surface area contributed by atoms with E-state index in [2.05, 4.69) is 0 Å². The number of aliphatic hydroxyl groups is 1. The quantitative estimate of drug-likeness (QED) is 0.468. The number of benzene rings is 1. The van der Waals surface area contributed by atoms with Gasteiger partial charge in [-0.3, -0.25) is 4.79 Å². The van der Waals surface area contributed by atoms with Crippen molar-refractivity contribution in [3.63, 3.8) is 0 Å². The zero-order valence-electron chi connectivity index (χ0n) is 7.04. The van der Waals surface area contributed by atoms with Gasteiger partial charge in [-0.05, 0) is 24.3 Å². The average molecular weight is 196 g/mol. The standard InChI is InChI=1S/C9H8O5/c10-6-3-1-5(2-4-6)7(11)8(12)9(13)14/h1-4,8,10,12H,(H,13,14). The molecule has 1 atom stereocenters. The molecule has 5 heteroatoms. The zero-order valence-corrected chi connectivity index (χ0v) is 7.04. The third-order valence-corrected chi connectivity index (χ3v) is 1.63. The zero-order chi connectivity index (χ0) is 10.7. The second kappa shape index (κ2) is 3.89. The first kappa shape index (κ1) is 10.2. The Bertz CT molecular complexity index is 354. The summed E-state index contributed by atoms with van der Waals surface area (Å²) in [5.41, 5.74) is 0.0395. The van der Waals surface area contributed by atoms with Gasteiger partial charge in [-0.25, -0.2) is 4.79 Å². The highest BCUT2D eigenvalue weighted by atomic mass is 16.4. The number of carbonyl (C=O) groups is 2. The first-order chi connectivity index (χ1) is 6.52. The number of aliphatic carboxylic acids is 1. The van der Waals surface area contributed by atoms with Crippen LogP contribution in [0, 0.1) is 0 Å². The summed E-state index contributed by atoms with van der Waals surface area (Å²) >= 11 is 0. The summed E-state index contributed by atoms with van der Waals surface area (Å²) in [7, 11) is 0. The van der Waals surface area contributed by atoms with Gasteiger partial charge in [-0.15, -0.1) is 0 Å². The molecule has 1 rings (SSSR count). The van der Waals surface area contributed by atoms with Crippen molar-refractivity contribution >= 4 is 11.8 Å². The summed E-state index contributed by atoms with van der Waals surface area (Å²) in [5, 5.41) is 26.2. The Morgan fingerprint density at radius 3 is 2.07 bits per heavy atom. The van der Waals surface area contributed by atoms with E-state index in [0.717, 1.165) is 0 Å². The third kappa shape index (κ3) is 2.08. The number of phenolic OH excluding ortho intramolecular Hbond substituents is 1. The summed E-state index contributed by atoms with van der Waals surface area (Å²) in [6, 6.07) is 4.96. The molecule has 0 saturated carbocycles. The molecule has 0 aliphatic carbocycles. The highest BCUT2D eigenvalue weighted by molar-refractivity contribution is 6.10. The summed E-state index contributed by atoms with van der Waals surface area (Å²) in [5.74, 6) is -2.54. The molecule has 74 valence electrons. The number of aliphatic hydroxyl groups excluding tert-OH is 1. The first-order valence-corrected chi connectivity index (χ1v) is 3.76. The number of phenols is 1. The monoisotopic (exact) mass is 196 g/mol. The fourth-order valence-electron chi connectivity index (χ4n) is 0.896. The Morgan fingerprint density at radius 2 is 1.64 bits per heavy atom. The number of hydrogen-bond acceptors (Lipinski definition) is 4. The van der Waals surface area contributed by atoms with Gasteiger partial charge < -0.3 is 15.3 Å². The maximum atomic E-state index is 11.2. The lowest BCUT2D eigenvalue weighted by Crippen LogP contribution is -2.29. The molecule has 0 spiro atoms. The molecular formula is C9H8O5. The van der Waals surface area contributed by atoms with E-state index in [0.29, 0.717) is 0 Å². The van der Waals surface area contributed by atoms with Crippen molar-refractivity contribution in [3.05, 3.63) is 29.8 Å². The number of carboxylic acid groups (broad SMARTS) is 1. The van der Waals surface area contributed by atoms with Crippen molar-refractivity contribution in [2.24, 2.45) is 0 Å². The molecule has 0 heterocycles. The molecule has 0 aliphatic heterocycles. The van der Waals surface area contributed by atoms with Gasteiger partial charge in [-0.1, -0.05) is 0 Å². The molecule has 14 heavy (non-hydrogen) atoms. The summed E-state index contributed by atoms with van der Waals surface area (Å²) in [6.45, 7) is 0. The minimum Gasteiger partial charge on any atom is -0.508 e. The lowest BCUT2D eigenvalue weighted by molar-refractivity contribution is -0.143. The summed E-state index contributed by atoms with van der Waals surface area (Å²) < 4.78 is 0. The average Bonchev–Trinajstić information content (AvgIpc) is 2.16. The fraction of sp³-hybridized carbons (Fsp3) is 0.111. The summed E-state index contributed by atoms with van der Waals surface area (Å²) in [4.78, 5) is 21.4. The fourth-order valence-corrected chi connectivity index (χ4v) is 0.896. The van der Waals surface area contributed by atoms with E-state index in [1.54, 1.807) is 0 Å². The largest absolute Gasteiger partial charge is 0.508 e. The summed E-state index contributed by atoms with van der Waals surface area (Å²) in [6.07, 6.45) is -2.06. The minimum atomic E-state index is -2.06. The molecule has 0 fully saturated rings. The molecule has 1 aromatic rings. The highest BCUT2D eigenvalue weighted by Crippen LogP contribution is 2.11. The molecule has 0 aliphatic rings. The normalized spacial score (nSPS) is 12.1. The second-order valence-corrected chi connectivity index (χ2v) is 2.65. The van der Waals surface area contributed by atoms with Crippen LogP contribution >= 0.6 is 0 Å². The first-order valence-electron chi connectivity index (χ1n) is 3.76. The van der Waals surface area contributed by atoms with E-state index in [1.807, 2.05) is 0 Å². The van der Waals surface area contributed by atoms with Gasteiger partial charge in [0.25, 0.3) is 0 Å². The van der Waals surface area contributed by atoms with Gasteiger partial charge in [0.15, 0.2) is 0 Å². The van der Waals surface area contributed by atoms with E-state index in [-0.39, 0.29) is 11.3 Å². The van der Waals surface area contributed by atoms with Crippen LogP contribution in [0.2, 0.25) is 0 Å². The second-order valence-electron chi connectivity index (χ2n) is 2.65. The maximum absolute atomic E-state index is 11.2. The lowest BCUT2D eigenvalue weighted by Gasteiger charge is -2.03. The maximum Gasteiger partial charge on any atom is 0.340 e. The molecule has 3 N–H and O–H groups in total. The highest BCUT2D eigenvalue weighted by Gasteiger charge is 2.23. The van der Waals surface area contributed by atoms with Crippen molar-refractivity contribution in [1.82, 2.24) is 0 Å². The third-order valence-electron chi connectivity index (χ3n) is 1.63. The molecule has 0 saturated heterocycles. The van der Waals surface area contributed by atoms with Crippen molar-refractivity contribution in [2.45, 2.75) is 6.10 Å². The molecule has 0 bridgehead atoms. The van der Waals surface area contributed by atoms with Crippen LogP contribution in [0.25, 0.3) is 0 Å². The van der Waals surface area contributed by atoms with Crippen molar-refractivity contribution in [3.8, 4) is 5.75 Å². The Labute approximate surface area is 79.2 Å². The molecule has 0 radical (unpaired) electrons. The van der Waals surface area contributed by atoms with Crippen molar-refractivity contribution in [2.75, 3.05) is 0 Å². The van der Waals surface area contributed by atoms with Crippen LogP contribution in [0.3, 0.4) is 0 Å². The molecule has 1 unspecified atom stereocenters. The Hall–Kier alpha value is -1.88. The van der Waals surface area contributed by atoms with Crippen LogP contribution in [0.5, 0.6) is 5.75 Å². The number of hydrogen-bond donors (Lipinski definition) is 3. The topological polar surface area (TPSA) is 94.8 Å². The molecule has 0 amide bonds. The smallest absolute Gasteiger partial charge is 0.340 e. The predicted molar refractivity (Wildman–Crippen MR) is 46.1 cm³/mol. The van der Waals surface area contributed by atoms with E-state index in [4.69, 9.17) is 15.3 Å². The van der Waals surface area contributed by atoms with E-state index < -0.39 is 17.9 Å². The minimum absolute atomic E-state index is 0.0358. The molecule has 5 nitrogen and oxygen atoms in total. The Kier molecular flexibility index (Phi) is 2.83. The lowest BCUT2D eigenvalue weighted by atomic mass is 10.1. The Balaban J connectivity index is 2.90. The van der Waals surface area contributed by atoms with Gasteiger partial charge in [0.05, 0.1) is 0 Å². The number of Topliss-reactive ketones (excluding diaryl/α,β-unsaturated/α-hetero) is 1. The molecular weight excluding hydrogens is 188 g/mol. The van der Waals surface area contributed by atoms with Crippen molar-refractivity contribution < 1.29 is 24.9 Å². The van der Waals surface area contributed by atoms with Crippen LogP contribution in [0.15, 0.2) is 24.3 Å². The van der Waals surface area contributed by atoms with Crippen molar-refractivity contribution in [1.29, 1.82) is 0 Å². The van der Waals surface area contributed by atoms with Gasteiger partial charge in [0.1, 0.15) is 5.75 Å². The number of rotatable bonds is 3. The molecule has 1 aromatic carbocycles. The van der Waals surface area contributed by atoms with Crippen LogP contribution in [0.4, 0.5) is 0 Å². The number of aromatic hydroxyl groups is 1. The number of ketones is 1. The van der Waals surface area contributed by atoms with Crippen LogP contribution in [-0.2, 0) is 4.79 Å². The predicted octanol–water partition coefficient (Wildman–Crippen LogP) is 0.0204. The number of carboxylic acids is 1. The molecule has 0 aromatic heterocycles. The van der Waals surface area contributed by atoms with Gasteiger partial charge >= 0.3 is 5.97 Å². The SMILES string of the molecule is O=C(O)C(O)C(=O)c1ccc(O)cc1. The van der Waals surface area contributed by atoms with Crippen LogP contribution < -0.4 is 0 Å². The van der Waals surface area contributed by atoms with Gasteiger partial charge in [0.2, 0.25) is 11.9 Å². The van der Waals surface area contributed by atoms with Crippen LogP contribution in [0.1, 0.15) is 10.4 Å². The number of carbonyl (C=O) groups excluding carboxylic acids is 1. The van der Waals surface area contributed by atoms with Gasteiger partial charge in [0, 0.05) is 5.56 Å².